The van der Waals surface area contributed by atoms with Crippen molar-refractivity contribution in [2.75, 3.05) is 6.54 Å². The standard InChI is InChI=1S/C16H21N3O3.ClH/c17-16(18)19-9-11-5-7-12(8-6-11)15(21)22-14-4-2-1-3-13(14)10-20;/h1-4,10-12H,5-9H2,(H4,17,18,19);1H/t11-,12-;. The lowest BCUT2D eigenvalue weighted by molar-refractivity contribution is -0.140. The van der Waals surface area contributed by atoms with Crippen molar-refractivity contribution in [3.63, 3.8) is 0 Å². The second-order valence-electron chi connectivity index (χ2n) is 5.59. The Morgan fingerprint density at radius 3 is 2.57 bits per heavy atom. The summed E-state index contributed by atoms with van der Waals surface area (Å²) in [6.45, 7) is 0.672. The summed E-state index contributed by atoms with van der Waals surface area (Å²) in [5, 5.41) is 9.97. The van der Waals surface area contributed by atoms with E-state index in [4.69, 9.17) is 15.9 Å². The largest absolute Gasteiger partial charge is 0.426 e. The Morgan fingerprint density at radius 1 is 1.30 bits per heavy atom. The third kappa shape index (κ3) is 5.56. The first kappa shape index (κ1) is 19.0. The number of carbonyl (C=O) groups excluding carboxylic acids is 2. The van der Waals surface area contributed by atoms with E-state index in [2.05, 4.69) is 5.32 Å². The number of carbonyl (C=O) groups is 2. The fourth-order valence-electron chi connectivity index (χ4n) is 2.72. The van der Waals surface area contributed by atoms with Crippen LogP contribution in [-0.4, -0.2) is 24.8 Å². The number of hydrogen-bond acceptors (Lipinski definition) is 4. The first-order valence-corrected chi connectivity index (χ1v) is 7.44. The molecule has 0 amide bonds. The molecule has 1 aromatic rings. The number of guanidine groups is 1. The van der Waals surface area contributed by atoms with Crippen LogP contribution in [0.25, 0.3) is 0 Å². The van der Waals surface area contributed by atoms with Crippen LogP contribution in [0.1, 0.15) is 36.0 Å². The van der Waals surface area contributed by atoms with E-state index in [9.17, 15) is 9.59 Å². The molecule has 126 valence electrons. The molecule has 0 saturated heterocycles. The highest BCUT2D eigenvalue weighted by Gasteiger charge is 2.28. The highest BCUT2D eigenvalue weighted by Crippen LogP contribution is 2.30. The summed E-state index contributed by atoms with van der Waals surface area (Å²) in [5.41, 5.74) is 5.65. The number of aldehydes is 1. The van der Waals surface area contributed by atoms with Crippen LogP contribution in [-0.2, 0) is 4.79 Å². The summed E-state index contributed by atoms with van der Waals surface area (Å²) < 4.78 is 5.37. The molecule has 0 aliphatic heterocycles. The van der Waals surface area contributed by atoms with E-state index >= 15 is 0 Å². The second kappa shape index (κ2) is 9.15. The van der Waals surface area contributed by atoms with Crippen molar-refractivity contribution in [3.05, 3.63) is 29.8 Å². The van der Waals surface area contributed by atoms with Gasteiger partial charge in [0.15, 0.2) is 12.2 Å². The number of esters is 1. The Bertz CT molecular complexity index is 557. The zero-order valence-corrected chi connectivity index (χ0v) is 13.6. The van der Waals surface area contributed by atoms with Gasteiger partial charge in [0.2, 0.25) is 0 Å². The van der Waals surface area contributed by atoms with Gasteiger partial charge in [-0.25, -0.2) is 0 Å². The molecule has 7 heteroatoms. The first-order valence-electron chi connectivity index (χ1n) is 7.44. The molecule has 1 aliphatic rings. The Labute approximate surface area is 141 Å². The molecule has 4 N–H and O–H groups in total. The van der Waals surface area contributed by atoms with Gasteiger partial charge in [-0.05, 0) is 43.7 Å². The molecule has 23 heavy (non-hydrogen) atoms. The van der Waals surface area contributed by atoms with E-state index in [1.54, 1.807) is 24.3 Å². The molecule has 1 fully saturated rings. The van der Waals surface area contributed by atoms with E-state index in [-0.39, 0.29) is 30.3 Å². The average molecular weight is 340 g/mol. The molecule has 0 bridgehead atoms. The molecule has 0 heterocycles. The van der Waals surface area contributed by atoms with Crippen molar-refractivity contribution in [3.8, 4) is 5.75 Å². The summed E-state index contributed by atoms with van der Waals surface area (Å²) in [5.74, 6) is 0.325. The SMILES string of the molecule is Cl.N=C(N)NC[C@H]1CC[C@H](C(=O)Oc2ccccc2C=O)CC1. The van der Waals surface area contributed by atoms with E-state index in [0.29, 0.717) is 30.1 Å². The van der Waals surface area contributed by atoms with Gasteiger partial charge in [0, 0.05) is 6.54 Å². The predicted octanol–water partition coefficient (Wildman–Crippen LogP) is 2.12. The van der Waals surface area contributed by atoms with Gasteiger partial charge in [-0.3, -0.25) is 15.0 Å². The van der Waals surface area contributed by atoms with Crippen LogP contribution in [0, 0.1) is 17.2 Å². The predicted molar refractivity (Wildman–Crippen MR) is 90.1 cm³/mol. The van der Waals surface area contributed by atoms with Gasteiger partial charge in [0.05, 0.1) is 11.5 Å². The van der Waals surface area contributed by atoms with Crippen molar-refractivity contribution in [1.82, 2.24) is 5.32 Å². The van der Waals surface area contributed by atoms with Gasteiger partial charge in [-0.1, -0.05) is 12.1 Å². The molecule has 1 saturated carbocycles. The van der Waals surface area contributed by atoms with E-state index < -0.39 is 0 Å². The number of para-hydroxylation sites is 1. The van der Waals surface area contributed by atoms with Gasteiger partial charge in [-0.15, -0.1) is 12.4 Å². The summed E-state index contributed by atoms with van der Waals surface area (Å²) >= 11 is 0. The molecule has 0 atom stereocenters. The minimum Gasteiger partial charge on any atom is -0.426 e. The summed E-state index contributed by atoms with van der Waals surface area (Å²) in [4.78, 5) is 23.1. The summed E-state index contributed by atoms with van der Waals surface area (Å²) in [6, 6.07) is 6.72. The van der Waals surface area contributed by atoms with Gasteiger partial charge in [0.25, 0.3) is 0 Å². The lowest BCUT2D eigenvalue weighted by Gasteiger charge is -2.27. The number of nitrogens with two attached hydrogens (primary N) is 1. The number of hydrogen-bond donors (Lipinski definition) is 3. The van der Waals surface area contributed by atoms with Crippen LogP contribution in [0.3, 0.4) is 0 Å². The van der Waals surface area contributed by atoms with Crippen LogP contribution in [0.4, 0.5) is 0 Å². The van der Waals surface area contributed by atoms with Gasteiger partial charge in [0.1, 0.15) is 5.75 Å². The molecular weight excluding hydrogens is 318 g/mol. The third-order valence-corrected chi connectivity index (χ3v) is 4.02. The van der Waals surface area contributed by atoms with E-state index in [0.717, 1.165) is 25.7 Å². The molecule has 2 rings (SSSR count). The van der Waals surface area contributed by atoms with E-state index in [1.165, 1.54) is 0 Å². The van der Waals surface area contributed by atoms with Crippen LogP contribution < -0.4 is 15.8 Å². The summed E-state index contributed by atoms with van der Waals surface area (Å²) in [6.07, 6.45) is 4.00. The molecule has 0 aromatic heterocycles. The van der Waals surface area contributed by atoms with Gasteiger partial charge in [-0.2, -0.15) is 0 Å². The number of benzene rings is 1. The van der Waals surface area contributed by atoms with Crippen molar-refractivity contribution in [2.24, 2.45) is 17.6 Å². The zero-order chi connectivity index (χ0) is 15.9. The number of rotatable bonds is 5. The Kier molecular flexibility index (Phi) is 7.54. The lowest BCUT2D eigenvalue weighted by Crippen LogP contribution is -2.36. The maximum atomic E-state index is 12.2. The highest BCUT2D eigenvalue weighted by atomic mass is 35.5. The molecule has 6 nitrogen and oxygen atoms in total. The van der Waals surface area contributed by atoms with Crippen molar-refractivity contribution in [2.45, 2.75) is 25.7 Å². The Morgan fingerprint density at radius 2 is 1.96 bits per heavy atom. The monoisotopic (exact) mass is 339 g/mol. The van der Waals surface area contributed by atoms with Gasteiger partial charge >= 0.3 is 5.97 Å². The second-order valence-corrected chi connectivity index (χ2v) is 5.59. The number of ether oxygens (including phenoxy) is 1. The van der Waals surface area contributed by atoms with Crippen molar-refractivity contribution >= 4 is 30.6 Å². The Hall–Kier alpha value is -2.08. The topological polar surface area (TPSA) is 105 Å². The molecule has 0 spiro atoms. The van der Waals surface area contributed by atoms with E-state index in [1.807, 2.05) is 0 Å². The van der Waals surface area contributed by atoms with Gasteiger partial charge < -0.3 is 15.8 Å². The number of nitrogens with one attached hydrogen (secondary N) is 2. The lowest BCUT2D eigenvalue weighted by atomic mass is 9.82. The quantitative estimate of drug-likeness (QED) is 0.250. The summed E-state index contributed by atoms with van der Waals surface area (Å²) in [7, 11) is 0. The number of halogens is 1. The average Bonchev–Trinajstić information content (AvgIpc) is 2.54. The maximum absolute atomic E-state index is 12.2. The third-order valence-electron chi connectivity index (χ3n) is 4.02. The fourth-order valence-corrected chi connectivity index (χ4v) is 2.72. The molecular formula is C16H22ClN3O3. The molecule has 0 unspecified atom stereocenters. The first-order chi connectivity index (χ1) is 10.6. The van der Waals surface area contributed by atoms with Crippen LogP contribution >= 0.6 is 12.4 Å². The Balaban J connectivity index is 0.00000264. The van der Waals surface area contributed by atoms with Crippen LogP contribution in [0.15, 0.2) is 24.3 Å². The van der Waals surface area contributed by atoms with Crippen molar-refractivity contribution < 1.29 is 14.3 Å². The van der Waals surface area contributed by atoms with Crippen LogP contribution in [0.5, 0.6) is 5.75 Å². The normalized spacial score (nSPS) is 20.0. The molecule has 1 aliphatic carbocycles. The fraction of sp³-hybridized carbons (Fsp3) is 0.438. The highest BCUT2D eigenvalue weighted by molar-refractivity contribution is 5.85. The van der Waals surface area contributed by atoms with Crippen LogP contribution in [0.2, 0.25) is 0 Å². The molecule has 0 radical (unpaired) electrons. The maximum Gasteiger partial charge on any atom is 0.314 e. The minimum atomic E-state index is -0.271. The van der Waals surface area contributed by atoms with Crippen molar-refractivity contribution in [1.29, 1.82) is 5.41 Å². The smallest absolute Gasteiger partial charge is 0.314 e. The zero-order valence-electron chi connectivity index (χ0n) is 12.8. The minimum absolute atomic E-state index is 0. The molecule has 1 aromatic carbocycles.